The molecule has 2 amide bonds. The van der Waals surface area contributed by atoms with Crippen molar-refractivity contribution in [3.8, 4) is 0 Å². The topological polar surface area (TPSA) is 100 Å². The number of aromatic amines is 1. The lowest BCUT2D eigenvalue weighted by atomic mass is 9.97. The molecule has 2 aromatic rings. The maximum absolute atomic E-state index is 12.2. The van der Waals surface area contributed by atoms with Crippen LogP contribution in [0, 0.1) is 0 Å². The summed E-state index contributed by atoms with van der Waals surface area (Å²) in [7, 11) is 0. The molecule has 8 heteroatoms. The van der Waals surface area contributed by atoms with Crippen LogP contribution in [-0.2, 0) is 11.3 Å². The molecule has 0 aromatic carbocycles. The number of aromatic nitrogens is 3. The number of H-pyrrole nitrogens is 1. The number of hydrogen-bond acceptors (Lipinski definition) is 5. The fourth-order valence-corrected chi connectivity index (χ4v) is 2.59. The molecule has 8 nitrogen and oxygen atoms in total. The maximum Gasteiger partial charge on any atom is 0.410 e. The fourth-order valence-electron chi connectivity index (χ4n) is 2.59. The van der Waals surface area contributed by atoms with E-state index in [0.29, 0.717) is 25.3 Å². The van der Waals surface area contributed by atoms with Crippen LogP contribution in [0.25, 0.3) is 0 Å². The van der Waals surface area contributed by atoms with E-state index < -0.39 is 5.60 Å². The summed E-state index contributed by atoms with van der Waals surface area (Å²) < 4.78 is 5.34. The van der Waals surface area contributed by atoms with E-state index in [2.05, 4.69) is 20.5 Å². The van der Waals surface area contributed by atoms with Crippen LogP contribution in [0.4, 0.5) is 4.79 Å². The molecule has 138 valence electrons. The molecular weight excluding hydrogens is 334 g/mol. The summed E-state index contributed by atoms with van der Waals surface area (Å²) in [6.45, 7) is 7.01. The second kappa shape index (κ2) is 7.15. The Labute approximate surface area is 151 Å². The Morgan fingerprint density at radius 2 is 2.15 bits per heavy atom. The van der Waals surface area contributed by atoms with Gasteiger partial charge in [0, 0.05) is 43.6 Å². The van der Waals surface area contributed by atoms with Gasteiger partial charge in [0.1, 0.15) is 11.3 Å². The highest BCUT2D eigenvalue weighted by molar-refractivity contribution is 5.92. The van der Waals surface area contributed by atoms with Crippen LogP contribution in [0.1, 0.15) is 48.4 Å². The summed E-state index contributed by atoms with van der Waals surface area (Å²) in [6, 6.07) is 5.44. The monoisotopic (exact) mass is 357 g/mol. The lowest BCUT2D eigenvalue weighted by Gasteiger charge is -2.39. The highest BCUT2D eigenvalue weighted by atomic mass is 16.6. The van der Waals surface area contributed by atoms with Gasteiger partial charge in [-0.2, -0.15) is 5.10 Å². The number of rotatable bonds is 4. The van der Waals surface area contributed by atoms with Crippen LogP contribution in [0.3, 0.4) is 0 Å². The van der Waals surface area contributed by atoms with Crippen LogP contribution in [0.5, 0.6) is 0 Å². The fraction of sp³-hybridized carbons (Fsp3) is 0.444. The van der Waals surface area contributed by atoms with Crippen molar-refractivity contribution in [2.24, 2.45) is 0 Å². The number of carbonyl (C=O) groups excluding carboxylic acids is 2. The molecule has 2 N–H and O–H groups in total. The molecule has 0 aliphatic carbocycles. The number of ether oxygens (including phenoxy) is 1. The van der Waals surface area contributed by atoms with Gasteiger partial charge < -0.3 is 15.0 Å². The molecule has 1 saturated heterocycles. The van der Waals surface area contributed by atoms with Gasteiger partial charge in [-0.05, 0) is 38.5 Å². The molecule has 1 aliphatic rings. The first-order chi connectivity index (χ1) is 12.3. The molecule has 0 bridgehead atoms. The van der Waals surface area contributed by atoms with Crippen molar-refractivity contribution in [2.45, 2.75) is 38.8 Å². The van der Waals surface area contributed by atoms with E-state index >= 15 is 0 Å². The first-order valence-electron chi connectivity index (χ1n) is 8.52. The lowest BCUT2D eigenvalue weighted by molar-refractivity contribution is 0.00786. The van der Waals surface area contributed by atoms with Gasteiger partial charge in [-0.15, -0.1) is 0 Å². The summed E-state index contributed by atoms with van der Waals surface area (Å²) in [5, 5.41) is 9.78. The standard InChI is InChI=1S/C18H23N5O3/c1-18(2,3)26-17(25)23-10-13(11-23)14-7-15(22-21-14)16(24)20-9-12-5-4-6-19-8-12/h4-8,13H,9-11H2,1-3H3,(H,20,24)(H,21,22). The smallest absolute Gasteiger partial charge is 0.410 e. The Bertz CT molecular complexity index is 776. The minimum absolute atomic E-state index is 0.134. The van der Waals surface area contributed by atoms with Gasteiger partial charge in [0.25, 0.3) is 5.91 Å². The van der Waals surface area contributed by atoms with Crippen molar-refractivity contribution >= 4 is 12.0 Å². The van der Waals surface area contributed by atoms with Crippen LogP contribution in [0.15, 0.2) is 30.6 Å². The first kappa shape index (κ1) is 17.9. The van der Waals surface area contributed by atoms with Gasteiger partial charge in [0.05, 0.1) is 0 Å². The van der Waals surface area contributed by atoms with Gasteiger partial charge in [-0.3, -0.25) is 14.9 Å². The van der Waals surface area contributed by atoms with Crippen molar-refractivity contribution in [3.05, 3.63) is 47.5 Å². The molecule has 3 rings (SSSR count). The largest absolute Gasteiger partial charge is 0.444 e. The molecule has 1 fully saturated rings. The second-order valence-corrected chi connectivity index (χ2v) is 7.33. The number of nitrogens with zero attached hydrogens (tertiary/aromatic N) is 3. The Hall–Kier alpha value is -2.90. The predicted octanol–water partition coefficient (Wildman–Crippen LogP) is 2.07. The van der Waals surface area contributed by atoms with Gasteiger partial charge in [-0.1, -0.05) is 6.07 Å². The molecule has 0 unspecified atom stereocenters. The number of hydrogen-bond donors (Lipinski definition) is 2. The van der Waals surface area contributed by atoms with Crippen molar-refractivity contribution in [1.82, 2.24) is 25.4 Å². The van der Waals surface area contributed by atoms with E-state index in [1.807, 2.05) is 32.9 Å². The average Bonchev–Trinajstić information content (AvgIpc) is 3.00. The van der Waals surface area contributed by atoms with Gasteiger partial charge >= 0.3 is 6.09 Å². The molecule has 0 spiro atoms. The SMILES string of the molecule is CC(C)(C)OC(=O)N1CC(c2cc(C(=O)NCc3cccnc3)n[nH]2)C1. The van der Waals surface area contributed by atoms with Crippen LogP contribution in [0.2, 0.25) is 0 Å². The third-order valence-electron chi connectivity index (χ3n) is 3.98. The number of amides is 2. The lowest BCUT2D eigenvalue weighted by Crippen LogP contribution is -2.50. The second-order valence-electron chi connectivity index (χ2n) is 7.33. The third kappa shape index (κ3) is 4.38. The summed E-state index contributed by atoms with van der Waals surface area (Å²) in [5.41, 5.74) is 1.59. The highest BCUT2D eigenvalue weighted by Crippen LogP contribution is 2.27. The van der Waals surface area contributed by atoms with Gasteiger partial charge in [0.15, 0.2) is 0 Å². The zero-order valence-electron chi connectivity index (χ0n) is 15.2. The van der Waals surface area contributed by atoms with Crippen LogP contribution in [-0.4, -0.2) is 50.8 Å². The predicted molar refractivity (Wildman–Crippen MR) is 94.5 cm³/mol. The Morgan fingerprint density at radius 3 is 2.81 bits per heavy atom. The average molecular weight is 357 g/mol. The molecule has 0 atom stereocenters. The molecule has 0 saturated carbocycles. The van der Waals surface area contributed by atoms with Crippen molar-refractivity contribution in [2.75, 3.05) is 13.1 Å². The summed E-state index contributed by atoms with van der Waals surface area (Å²) in [5.74, 6) is -0.116. The van der Waals surface area contributed by atoms with Crippen molar-refractivity contribution < 1.29 is 14.3 Å². The van der Waals surface area contributed by atoms with Crippen molar-refractivity contribution in [1.29, 1.82) is 0 Å². The number of likely N-dealkylation sites (tertiary alicyclic amines) is 1. The molecule has 1 aliphatic heterocycles. The minimum Gasteiger partial charge on any atom is -0.444 e. The Morgan fingerprint density at radius 1 is 1.38 bits per heavy atom. The van der Waals surface area contributed by atoms with E-state index in [0.717, 1.165) is 11.3 Å². The normalized spacial score (nSPS) is 14.7. The van der Waals surface area contributed by atoms with Crippen LogP contribution >= 0.6 is 0 Å². The van der Waals surface area contributed by atoms with Gasteiger partial charge in [0.2, 0.25) is 0 Å². The minimum atomic E-state index is -0.504. The number of pyridine rings is 1. The third-order valence-corrected chi connectivity index (χ3v) is 3.98. The Kier molecular flexibility index (Phi) is 4.92. The van der Waals surface area contributed by atoms with E-state index in [1.54, 1.807) is 23.4 Å². The summed E-state index contributed by atoms with van der Waals surface area (Å²) >= 11 is 0. The quantitative estimate of drug-likeness (QED) is 0.872. The van der Waals surface area contributed by atoms with E-state index in [4.69, 9.17) is 4.74 Å². The van der Waals surface area contributed by atoms with E-state index in [-0.39, 0.29) is 17.9 Å². The summed E-state index contributed by atoms with van der Waals surface area (Å²) in [6.07, 6.45) is 3.07. The number of nitrogens with one attached hydrogen (secondary N) is 2. The molecular formula is C18H23N5O3. The molecule has 0 radical (unpaired) electrons. The zero-order chi connectivity index (χ0) is 18.7. The molecule has 2 aromatic heterocycles. The molecule has 3 heterocycles. The summed E-state index contributed by atoms with van der Waals surface area (Å²) in [4.78, 5) is 29.8. The zero-order valence-corrected chi connectivity index (χ0v) is 15.2. The highest BCUT2D eigenvalue weighted by Gasteiger charge is 2.35. The maximum atomic E-state index is 12.2. The Balaban J connectivity index is 1.49. The van der Waals surface area contributed by atoms with E-state index in [1.165, 1.54) is 0 Å². The molecule has 26 heavy (non-hydrogen) atoms. The van der Waals surface area contributed by atoms with Gasteiger partial charge in [-0.25, -0.2) is 4.79 Å². The van der Waals surface area contributed by atoms with Crippen LogP contribution < -0.4 is 5.32 Å². The first-order valence-corrected chi connectivity index (χ1v) is 8.52. The van der Waals surface area contributed by atoms with Crippen molar-refractivity contribution in [3.63, 3.8) is 0 Å². The van der Waals surface area contributed by atoms with E-state index in [9.17, 15) is 9.59 Å². The number of carbonyl (C=O) groups is 2.